The lowest BCUT2D eigenvalue weighted by Gasteiger charge is -2.44. The zero-order chi connectivity index (χ0) is 16.7. The van der Waals surface area contributed by atoms with Crippen LogP contribution in [0.2, 0.25) is 5.02 Å². The van der Waals surface area contributed by atoms with E-state index in [1.54, 1.807) is 25.3 Å². The fourth-order valence-corrected chi connectivity index (χ4v) is 5.53. The molecule has 1 aromatic rings. The van der Waals surface area contributed by atoms with Crippen molar-refractivity contribution in [1.82, 2.24) is 4.90 Å². The number of ether oxygens (including phenoxy) is 1. The summed E-state index contributed by atoms with van der Waals surface area (Å²) in [6.45, 7) is 1.69. The number of fused-ring (bicyclic) bond motifs is 2. The van der Waals surface area contributed by atoms with E-state index in [-0.39, 0.29) is 0 Å². The van der Waals surface area contributed by atoms with Gasteiger partial charge < -0.3 is 4.74 Å². The fraction of sp³-hybridized carbons (Fsp3) is 0.700. The molecular formula is C20H27ClFNO. The maximum Gasteiger partial charge on any atom is 0.142 e. The van der Waals surface area contributed by atoms with Gasteiger partial charge in [0.2, 0.25) is 0 Å². The molecular weight excluding hydrogens is 325 g/mol. The monoisotopic (exact) mass is 351 g/mol. The van der Waals surface area contributed by atoms with Crippen LogP contribution in [-0.4, -0.2) is 31.1 Å². The maximum atomic E-state index is 15.7. The SMILES string of the molecule is COc1ccc(Cl)cc1C1(F)CCN(C2CCC3CCC2C3)CC1. The maximum absolute atomic E-state index is 15.7. The van der Waals surface area contributed by atoms with E-state index in [4.69, 9.17) is 16.3 Å². The molecule has 1 heterocycles. The van der Waals surface area contributed by atoms with Gasteiger partial charge in [-0.1, -0.05) is 18.0 Å². The van der Waals surface area contributed by atoms with Crippen molar-refractivity contribution in [3.8, 4) is 5.75 Å². The van der Waals surface area contributed by atoms with Crippen LogP contribution in [0.25, 0.3) is 0 Å². The lowest BCUT2D eigenvalue weighted by Crippen LogP contribution is -2.48. The Labute approximate surface area is 149 Å². The van der Waals surface area contributed by atoms with Gasteiger partial charge in [-0.05, 0) is 68.6 Å². The summed E-state index contributed by atoms with van der Waals surface area (Å²) in [4.78, 5) is 2.57. The molecule has 1 aromatic carbocycles. The normalized spacial score (nSPS) is 32.7. The molecule has 1 aliphatic heterocycles. The quantitative estimate of drug-likeness (QED) is 0.743. The smallest absolute Gasteiger partial charge is 0.142 e. The summed E-state index contributed by atoms with van der Waals surface area (Å²) in [5, 5.41) is 0.578. The molecule has 0 N–H and O–H groups in total. The molecule has 2 saturated carbocycles. The lowest BCUT2D eigenvalue weighted by molar-refractivity contribution is 0.0110. The zero-order valence-electron chi connectivity index (χ0n) is 14.4. The first-order valence-corrected chi connectivity index (χ1v) is 9.74. The first-order chi connectivity index (χ1) is 11.6. The number of likely N-dealkylation sites (tertiary alicyclic amines) is 1. The molecule has 1 saturated heterocycles. The molecule has 0 radical (unpaired) electrons. The molecule has 0 spiro atoms. The van der Waals surface area contributed by atoms with Crippen molar-refractivity contribution in [1.29, 1.82) is 0 Å². The Bertz CT molecular complexity index is 599. The summed E-state index contributed by atoms with van der Waals surface area (Å²) in [7, 11) is 1.60. The summed E-state index contributed by atoms with van der Waals surface area (Å²) in [5.41, 5.74) is -0.693. The largest absolute Gasteiger partial charge is 0.496 e. The van der Waals surface area contributed by atoms with E-state index in [1.165, 1.54) is 32.1 Å². The minimum atomic E-state index is -1.32. The summed E-state index contributed by atoms with van der Waals surface area (Å²) in [6, 6.07) is 5.99. The molecule has 3 aliphatic rings. The third kappa shape index (κ3) is 2.94. The molecule has 0 amide bonds. The van der Waals surface area contributed by atoms with Gasteiger partial charge in [-0.2, -0.15) is 0 Å². The van der Waals surface area contributed by atoms with Crippen molar-refractivity contribution in [2.75, 3.05) is 20.2 Å². The molecule has 4 heteroatoms. The standard InChI is InChI=1S/C20H27ClFNO/c1-24-19-7-5-16(21)13-17(19)20(22)8-10-23(11-9-20)18-6-3-14-2-4-15(18)12-14/h5,7,13-15,18H,2-4,6,8-12H2,1H3. The van der Waals surface area contributed by atoms with Gasteiger partial charge in [-0.15, -0.1) is 0 Å². The van der Waals surface area contributed by atoms with Crippen LogP contribution in [-0.2, 0) is 5.67 Å². The first-order valence-electron chi connectivity index (χ1n) is 9.36. The summed E-state index contributed by atoms with van der Waals surface area (Å²) < 4.78 is 21.1. The van der Waals surface area contributed by atoms with Gasteiger partial charge in [-0.3, -0.25) is 4.90 Å². The Hall–Kier alpha value is -0.800. The van der Waals surface area contributed by atoms with Crippen LogP contribution in [0.3, 0.4) is 0 Å². The van der Waals surface area contributed by atoms with Crippen molar-refractivity contribution in [2.24, 2.45) is 11.8 Å². The molecule has 2 aliphatic carbocycles. The van der Waals surface area contributed by atoms with Gasteiger partial charge in [0.25, 0.3) is 0 Å². The third-order valence-corrected chi connectivity index (χ3v) is 6.94. The molecule has 24 heavy (non-hydrogen) atoms. The number of piperidine rings is 1. The Morgan fingerprint density at radius 3 is 2.67 bits per heavy atom. The number of nitrogens with zero attached hydrogens (tertiary/aromatic N) is 1. The van der Waals surface area contributed by atoms with Crippen LogP contribution in [0.1, 0.15) is 50.5 Å². The predicted molar refractivity (Wildman–Crippen MR) is 95.5 cm³/mol. The predicted octanol–water partition coefficient (Wildman–Crippen LogP) is 5.19. The molecule has 132 valence electrons. The average molecular weight is 352 g/mol. The first kappa shape index (κ1) is 16.7. The van der Waals surface area contributed by atoms with E-state index in [9.17, 15) is 0 Å². The van der Waals surface area contributed by atoms with E-state index in [0.717, 1.165) is 24.9 Å². The topological polar surface area (TPSA) is 12.5 Å². The second-order valence-electron chi connectivity index (χ2n) is 7.93. The number of methoxy groups -OCH3 is 1. The summed E-state index contributed by atoms with van der Waals surface area (Å²) in [6.07, 6.45) is 7.98. The molecule has 0 aromatic heterocycles. The van der Waals surface area contributed by atoms with Crippen LogP contribution >= 0.6 is 11.6 Å². The highest BCUT2D eigenvalue weighted by molar-refractivity contribution is 6.30. The van der Waals surface area contributed by atoms with Crippen LogP contribution in [0, 0.1) is 11.8 Å². The van der Waals surface area contributed by atoms with Crippen LogP contribution in [0.15, 0.2) is 18.2 Å². The highest BCUT2D eigenvalue weighted by Gasteiger charge is 2.44. The van der Waals surface area contributed by atoms with Crippen LogP contribution in [0.5, 0.6) is 5.75 Å². The van der Waals surface area contributed by atoms with Gasteiger partial charge >= 0.3 is 0 Å². The van der Waals surface area contributed by atoms with E-state index < -0.39 is 5.67 Å². The van der Waals surface area contributed by atoms with Crippen LogP contribution < -0.4 is 4.74 Å². The van der Waals surface area contributed by atoms with Crippen molar-refractivity contribution in [2.45, 2.75) is 56.7 Å². The number of benzene rings is 1. The highest BCUT2D eigenvalue weighted by Crippen LogP contribution is 2.47. The van der Waals surface area contributed by atoms with Crippen molar-refractivity contribution < 1.29 is 9.13 Å². The van der Waals surface area contributed by atoms with Crippen LogP contribution in [0.4, 0.5) is 4.39 Å². The minimum absolute atomic E-state index is 0.538. The second kappa shape index (κ2) is 6.49. The van der Waals surface area contributed by atoms with Crippen molar-refractivity contribution in [3.63, 3.8) is 0 Å². The minimum Gasteiger partial charge on any atom is -0.496 e. The molecule has 2 bridgehead atoms. The van der Waals surface area contributed by atoms with E-state index in [2.05, 4.69) is 4.90 Å². The van der Waals surface area contributed by atoms with Crippen molar-refractivity contribution >= 4 is 11.6 Å². The highest BCUT2D eigenvalue weighted by atomic mass is 35.5. The number of hydrogen-bond acceptors (Lipinski definition) is 2. The zero-order valence-corrected chi connectivity index (χ0v) is 15.2. The Morgan fingerprint density at radius 1 is 1.17 bits per heavy atom. The van der Waals surface area contributed by atoms with Gasteiger partial charge in [0, 0.05) is 29.7 Å². The molecule has 2 nitrogen and oxygen atoms in total. The molecule has 3 atom stereocenters. The third-order valence-electron chi connectivity index (χ3n) is 6.70. The Morgan fingerprint density at radius 2 is 1.92 bits per heavy atom. The van der Waals surface area contributed by atoms with E-state index in [0.29, 0.717) is 35.2 Å². The van der Waals surface area contributed by atoms with Gasteiger partial charge in [-0.25, -0.2) is 4.39 Å². The Balaban J connectivity index is 1.48. The number of hydrogen-bond donors (Lipinski definition) is 0. The molecule has 3 unspecified atom stereocenters. The Kier molecular flexibility index (Phi) is 4.51. The van der Waals surface area contributed by atoms with E-state index in [1.807, 2.05) is 0 Å². The molecule has 4 rings (SSSR count). The second-order valence-corrected chi connectivity index (χ2v) is 8.37. The fourth-order valence-electron chi connectivity index (χ4n) is 5.36. The van der Waals surface area contributed by atoms with E-state index >= 15 is 4.39 Å². The van der Waals surface area contributed by atoms with Gasteiger partial charge in [0.15, 0.2) is 0 Å². The van der Waals surface area contributed by atoms with Gasteiger partial charge in [0.05, 0.1) is 7.11 Å². The average Bonchev–Trinajstić information content (AvgIpc) is 2.97. The summed E-state index contributed by atoms with van der Waals surface area (Å²) >= 11 is 6.12. The lowest BCUT2D eigenvalue weighted by atomic mass is 9.80. The van der Waals surface area contributed by atoms with Gasteiger partial charge in [0.1, 0.15) is 11.4 Å². The number of halogens is 2. The molecule has 3 fully saturated rings. The number of alkyl halides is 1. The summed E-state index contributed by atoms with van der Waals surface area (Å²) in [5.74, 6) is 2.45. The number of rotatable bonds is 3. The van der Waals surface area contributed by atoms with Crippen molar-refractivity contribution in [3.05, 3.63) is 28.8 Å².